The van der Waals surface area contributed by atoms with E-state index >= 15 is 0 Å². The first-order valence-corrected chi connectivity index (χ1v) is 9.53. The molecule has 1 aliphatic carbocycles. The van der Waals surface area contributed by atoms with E-state index in [-0.39, 0.29) is 36.9 Å². The monoisotopic (exact) mass is 375 g/mol. The van der Waals surface area contributed by atoms with Crippen molar-refractivity contribution in [2.45, 2.75) is 51.5 Å². The second kappa shape index (κ2) is 10.5. The summed E-state index contributed by atoms with van der Waals surface area (Å²) in [7, 11) is 1.57. The summed E-state index contributed by atoms with van der Waals surface area (Å²) >= 11 is 0. The molecular formula is C20H29N3O4. The summed E-state index contributed by atoms with van der Waals surface area (Å²) in [6.45, 7) is 1.98. The van der Waals surface area contributed by atoms with E-state index in [1.165, 1.54) is 0 Å². The van der Waals surface area contributed by atoms with Crippen LogP contribution >= 0.6 is 0 Å². The highest BCUT2D eigenvalue weighted by Crippen LogP contribution is 2.27. The molecule has 7 heteroatoms. The molecule has 2 rings (SSSR count). The van der Waals surface area contributed by atoms with Gasteiger partial charge in [0.15, 0.2) is 0 Å². The second-order valence-electron chi connectivity index (χ2n) is 6.76. The number of carbonyl (C=O) groups excluding carboxylic acids is 3. The SMILES string of the molecule is CCCCCC(=O)N(CC(=O)NCC(=O)Nc1ccc(OC)cc1)C1CC1. The standard InChI is InChI=1S/C20H29N3O4/c1-3-4-5-6-20(26)23(16-9-10-16)14-19(25)21-13-18(24)22-15-7-11-17(27-2)12-8-15/h7-8,11-12,16H,3-6,9-10,13-14H2,1-2H3,(H,21,25)(H,22,24). The third kappa shape index (κ3) is 7.29. The molecule has 3 amide bonds. The first kappa shape index (κ1) is 20.7. The van der Waals surface area contributed by atoms with Crippen LogP contribution in [0.15, 0.2) is 24.3 Å². The summed E-state index contributed by atoms with van der Waals surface area (Å²) < 4.78 is 5.06. The Morgan fingerprint density at radius 2 is 1.81 bits per heavy atom. The van der Waals surface area contributed by atoms with Gasteiger partial charge in [-0.15, -0.1) is 0 Å². The average molecular weight is 375 g/mol. The van der Waals surface area contributed by atoms with Crippen LogP contribution in [0.1, 0.15) is 45.4 Å². The maximum Gasteiger partial charge on any atom is 0.243 e. The van der Waals surface area contributed by atoms with Gasteiger partial charge in [-0.1, -0.05) is 19.8 Å². The number of amides is 3. The van der Waals surface area contributed by atoms with Crippen LogP contribution in [-0.4, -0.2) is 48.9 Å². The summed E-state index contributed by atoms with van der Waals surface area (Å²) in [6, 6.07) is 7.11. The fourth-order valence-corrected chi connectivity index (χ4v) is 2.75. The molecule has 1 fully saturated rings. The van der Waals surface area contributed by atoms with E-state index in [9.17, 15) is 14.4 Å². The molecule has 0 saturated heterocycles. The molecule has 1 aromatic carbocycles. The number of benzene rings is 1. The van der Waals surface area contributed by atoms with Gasteiger partial charge in [0.05, 0.1) is 20.2 Å². The molecular weight excluding hydrogens is 346 g/mol. The maximum absolute atomic E-state index is 12.3. The van der Waals surface area contributed by atoms with Crippen molar-refractivity contribution in [1.82, 2.24) is 10.2 Å². The van der Waals surface area contributed by atoms with E-state index in [0.717, 1.165) is 32.1 Å². The topological polar surface area (TPSA) is 87.7 Å². The Labute approximate surface area is 160 Å². The normalized spacial score (nSPS) is 13.0. The van der Waals surface area contributed by atoms with E-state index in [4.69, 9.17) is 4.74 Å². The van der Waals surface area contributed by atoms with Crippen molar-refractivity contribution in [3.05, 3.63) is 24.3 Å². The molecule has 0 unspecified atom stereocenters. The minimum Gasteiger partial charge on any atom is -0.497 e. The maximum atomic E-state index is 12.3. The van der Waals surface area contributed by atoms with E-state index in [1.807, 2.05) is 0 Å². The molecule has 1 saturated carbocycles. The zero-order chi connectivity index (χ0) is 19.6. The molecule has 0 radical (unpaired) electrons. The number of anilines is 1. The molecule has 1 aromatic rings. The van der Waals surface area contributed by atoms with Crippen molar-refractivity contribution < 1.29 is 19.1 Å². The van der Waals surface area contributed by atoms with Crippen molar-refractivity contribution in [2.75, 3.05) is 25.5 Å². The Morgan fingerprint density at radius 1 is 1.11 bits per heavy atom. The number of methoxy groups -OCH3 is 1. The molecule has 1 aliphatic rings. The van der Waals surface area contributed by atoms with Crippen LogP contribution in [0.5, 0.6) is 5.75 Å². The zero-order valence-electron chi connectivity index (χ0n) is 16.1. The number of hydrogen-bond acceptors (Lipinski definition) is 4. The van der Waals surface area contributed by atoms with Gasteiger partial charge in [-0.05, 0) is 43.5 Å². The number of unbranched alkanes of at least 4 members (excludes halogenated alkanes) is 2. The molecule has 27 heavy (non-hydrogen) atoms. The van der Waals surface area contributed by atoms with Crippen LogP contribution in [0.25, 0.3) is 0 Å². The second-order valence-corrected chi connectivity index (χ2v) is 6.76. The van der Waals surface area contributed by atoms with Crippen molar-refractivity contribution in [3.8, 4) is 5.75 Å². The lowest BCUT2D eigenvalue weighted by Gasteiger charge is -2.22. The Balaban J connectivity index is 1.74. The van der Waals surface area contributed by atoms with Gasteiger partial charge in [0.25, 0.3) is 0 Å². The summed E-state index contributed by atoms with van der Waals surface area (Å²) in [5.74, 6) is 0.102. The molecule has 0 bridgehead atoms. The highest BCUT2D eigenvalue weighted by molar-refractivity contribution is 5.95. The fraction of sp³-hybridized carbons (Fsp3) is 0.550. The molecule has 148 valence electrons. The number of ether oxygens (including phenoxy) is 1. The van der Waals surface area contributed by atoms with Gasteiger partial charge in [-0.25, -0.2) is 0 Å². The van der Waals surface area contributed by atoms with Crippen molar-refractivity contribution in [3.63, 3.8) is 0 Å². The minimum absolute atomic E-state index is 0.0193. The average Bonchev–Trinajstić information content (AvgIpc) is 3.50. The van der Waals surface area contributed by atoms with E-state index < -0.39 is 0 Å². The third-order valence-electron chi connectivity index (χ3n) is 4.44. The van der Waals surface area contributed by atoms with Crippen LogP contribution in [0.4, 0.5) is 5.69 Å². The molecule has 0 atom stereocenters. The lowest BCUT2D eigenvalue weighted by atomic mass is 10.2. The van der Waals surface area contributed by atoms with Crippen molar-refractivity contribution in [2.24, 2.45) is 0 Å². The lowest BCUT2D eigenvalue weighted by Crippen LogP contribution is -2.43. The predicted octanol–water partition coefficient (Wildman–Crippen LogP) is 2.32. The van der Waals surface area contributed by atoms with E-state index in [2.05, 4.69) is 17.6 Å². The Kier molecular flexibility index (Phi) is 8.10. The van der Waals surface area contributed by atoms with Crippen LogP contribution in [0, 0.1) is 0 Å². The van der Waals surface area contributed by atoms with Gasteiger partial charge >= 0.3 is 0 Å². The third-order valence-corrected chi connectivity index (χ3v) is 4.44. The molecule has 0 aliphatic heterocycles. The van der Waals surface area contributed by atoms with Gasteiger partial charge in [0, 0.05) is 18.2 Å². The largest absolute Gasteiger partial charge is 0.497 e. The molecule has 0 spiro atoms. The summed E-state index contributed by atoms with van der Waals surface area (Å²) in [4.78, 5) is 38.1. The van der Waals surface area contributed by atoms with Gasteiger partial charge in [0.2, 0.25) is 17.7 Å². The van der Waals surface area contributed by atoms with Crippen LogP contribution in [-0.2, 0) is 14.4 Å². The highest BCUT2D eigenvalue weighted by Gasteiger charge is 2.33. The molecule has 7 nitrogen and oxygen atoms in total. The number of hydrogen-bond donors (Lipinski definition) is 2. The number of rotatable bonds is 11. The van der Waals surface area contributed by atoms with Gasteiger partial charge in [0.1, 0.15) is 5.75 Å². The summed E-state index contributed by atoms with van der Waals surface area (Å²) in [5, 5.41) is 5.30. The number of carbonyl (C=O) groups is 3. The van der Waals surface area contributed by atoms with Gasteiger partial charge < -0.3 is 20.3 Å². The summed E-state index contributed by atoms with van der Waals surface area (Å²) in [6.07, 6.45) is 5.30. The van der Waals surface area contributed by atoms with E-state index in [0.29, 0.717) is 17.9 Å². The number of nitrogens with one attached hydrogen (secondary N) is 2. The predicted molar refractivity (Wildman–Crippen MR) is 104 cm³/mol. The highest BCUT2D eigenvalue weighted by atomic mass is 16.5. The Bertz CT molecular complexity index is 641. The zero-order valence-corrected chi connectivity index (χ0v) is 16.1. The molecule has 0 aromatic heterocycles. The van der Waals surface area contributed by atoms with Crippen molar-refractivity contribution >= 4 is 23.4 Å². The van der Waals surface area contributed by atoms with Crippen molar-refractivity contribution in [1.29, 1.82) is 0 Å². The summed E-state index contributed by atoms with van der Waals surface area (Å²) in [5.41, 5.74) is 0.626. The molecule has 2 N–H and O–H groups in total. The first-order chi connectivity index (χ1) is 13.0. The fourth-order valence-electron chi connectivity index (χ4n) is 2.75. The number of nitrogens with zero attached hydrogens (tertiary/aromatic N) is 1. The van der Waals surface area contributed by atoms with Crippen LogP contribution in [0.2, 0.25) is 0 Å². The smallest absolute Gasteiger partial charge is 0.243 e. The van der Waals surface area contributed by atoms with Gasteiger partial charge in [-0.3, -0.25) is 14.4 Å². The van der Waals surface area contributed by atoms with E-state index in [1.54, 1.807) is 36.3 Å². The van der Waals surface area contributed by atoms with Crippen LogP contribution < -0.4 is 15.4 Å². The quantitative estimate of drug-likeness (QED) is 0.581. The lowest BCUT2D eigenvalue weighted by molar-refractivity contribution is -0.136. The Morgan fingerprint density at radius 3 is 2.41 bits per heavy atom. The minimum atomic E-state index is -0.319. The Hall–Kier alpha value is -2.57. The molecule has 0 heterocycles. The van der Waals surface area contributed by atoms with Gasteiger partial charge in [-0.2, -0.15) is 0 Å². The van der Waals surface area contributed by atoms with Crippen LogP contribution in [0.3, 0.4) is 0 Å². The first-order valence-electron chi connectivity index (χ1n) is 9.53.